The molecule has 0 aromatic heterocycles. The molecule has 6 heteroatoms. The van der Waals surface area contributed by atoms with Gasteiger partial charge in [-0.05, 0) is 37.7 Å². The summed E-state index contributed by atoms with van der Waals surface area (Å²) >= 11 is 0. The molecule has 1 aliphatic rings. The fourth-order valence-electron chi connectivity index (χ4n) is 2.64. The summed E-state index contributed by atoms with van der Waals surface area (Å²) in [4.78, 5) is 34.2. The molecule has 0 N–H and O–H groups in total. The Morgan fingerprint density at radius 3 is 2.19 bits per heavy atom. The van der Waals surface area contributed by atoms with Gasteiger partial charge in [0.15, 0.2) is 0 Å². The number of hydrogen-bond acceptors (Lipinski definition) is 6. The third kappa shape index (κ3) is 4.06. The second-order valence-electron chi connectivity index (χ2n) is 5.42. The van der Waals surface area contributed by atoms with Crippen LogP contribution in [0.2, 0.25) is 0 Å². The zero-order valence-corrected chi connectivity index (χ0v) is 12.2. The summed E-state index contributed by atoms with van der Waals surface area (Å²) in [7, 11) is 0. The molecule has 0 amide bonds. The molecule has 0 aromatic rings. The Morgan fingerprint density at radius 1 is 1.19 bits per heavy atom. The van der Waals surface area contributed by atoms with Crippen LogP contribution in [0, 0.1) is 5.41 Å². The molecule has 0 spiro atoms. The van der Waals surface area contributed by atoms with Crippen molar-refractivity contribution in [3.05, 3.63) is 12.2 Å². The van der Waals surface area contributed by atoms with Crippen LogP contribution in [0.15, 0.2) is 12.2 Å². The van der Waals surface area contributed by atoms with Gasteiger partial charge in [-0.15, -0.1) is 0 Å². The van der Waals surface area contributed by atoms with Gasteiger partial charge in [0.05, 0.1) is 18.4 Å². The quantitative estimate of drug-likeness (QED) is 0.472. The molecule has 1 fully saturated rings. The molecular formula is C15H20O6-2. The third-order valence-corrected chi connectivity index (χ3v) is 4.11. The lowest BCUT2D eigenvalue weighted by atomic mass is 9.75. The molecule has 1 saturated carbocycles. The van der Waals surface area contributed by atoms with Gasteiger partial charge in [0.25, 0.3) is 0 Å². The van der Waals surface area contributed by atoms with E-state index in [9.17, 15) is 24.6 Å². The molecule has 118 valence electrons. The van der Waals surface area contributed by atoms with Crippen LogP contribution in [0.25, 0.3) is 0 Å². The summed E-state index contributed by atoms with van der Waals surface area (Å²) in [5, 5.41) is 22.3. The first-order valence-corrected chi connectivity index (χ1v) is 7.15. The van der Waals surface area contributed by atoms with Crippen LogP contribution in [-0.2, 0) is 19.1 Å². The van der Waals surface area contributed by atoms with Crippen LogP contribution in [0.3, 0.4) is 0 Å². The van der Waals surface area contributed by atoms with E-state index in [2.05, 4.69) is 6.58 Å². The first kappa shape index (κ1) is 17.2. The maximum atomic E-state index is 11.9. The molecule has 0 aliphatic heterocycles. The van der Waals surface area contributed by atoms with Crippen molar-refractivity contribution in [1.29, 1.82) is 0 Å². The number of carboxylic acid groups (broad SMARTS) is 2. The van der Waals surface area contributed by atoms with E-state index >= 15 is 0 Å². The Kier molecular flexibility index (Phi) is 5.93. The smallest absolute Gasteiger partial charge is 0.307 e. The van der Waals surface area contributed by atoms with Gasteiger partial charge in [-0.3, -0.25) is 4.79 Å². The molecule has 0 aromatic carbocycles. The fraction of sp³-hybridized carbons (Fsp3) is 0.667. The third-order valence-electron chi connectivity index (χ3n) is 4.11. The first-order chi connectivity index (χ1) is 9.83. The molecule has 0 bridgehead atoms. The second kappa shape index (κ2) is 7.24. The van der Waals surface area contributed by atoms with E-state index in [4.69, 9.17) is 4.74 Å². The number of carboxylic acids is 2. The fourth-order valence-corrected chi connectivity index (χ4v) is 2.64. The average Bonchev–Trinajstić information content (AvgIpc) is 2.44. The van der Waals surface area contributed by atoms with E-state index < -0.39 is 35.3 Å². The van der Waals surface area contributed by atoms with Gasteiger partial charge in [-0.25, -0.2) is 0 Å². The molecule has 0 saturated heterocycles. The Morgan fingerprint density at radius 2 is 1.76 bits per heavy atom. The van der Waals surface area contributed by atoms with Gasteiger partial charge in [0, 0.05) is 5.41 Å². The van der Waals surface area contributed by atoms with E-state index in [-0.39, 0.29) is 12.5 Å². The molecule has 1 aliphatic carbocycles. The summed E-state index contributed by atoms with van der Waals surface area (Å²) < 4.78 is 5.24. The van der Waals surface area contributed by atoms with Gasteiger partial charge in [-0.1, -0.05) is 19.9 Å². The standard InChI is InChI=1S/C15H22O6/c1-3-15(14(19)20,10(2)13(17)18)9-12(16)21-11-7-5-4-6-8-11/h11H,2-9H2,1H3,(H,17,18)(H,19,20)/p-2. The predicted molar refractivity (Wildman–Crippen MR) is 69.5 cm³/mol. The Balaban J connectivity index is 2.80. The summed E-state index contributed by atoms with van der Waals surface area (Å²) in [6.45, 7) is 4.68. The summed E-state index contributed by atoms with van der Waals surface area (Å²) in [5.41, 5.74) is -2.64. The molecule has 0 heterocycles. The van der Waals surface area contributed by atoms with Gasteiger partial charge >= 0.3 is 5.97 Å². The number of aliphatic carboxylic acids is 2. The second-order valence-corrected chi connectivity index (χ2v) is 5.42. The number of esters is 1. The van der Waals surface area contributed by atoms with E-state index in [1.807, 2.05) is 0 Å². The highest BCUT2D eigenvalue weighted by molar-refractivity contribution is 5.96. The molecular weight excluding hydrogens is 276 g/mol. The van der Waals surface area contributed by atoms with Crippen molar-refractivity contribution in [3.63, 3.8) is 0 Å². The van der Waals surface area contributed by atoms with Gasteiger partial charge < -0.3 is 24.5 Å². The number of ether oxygens (including phenoxy) is 1. The van der Waals surface area contributed by atoms with Crippen molar-refractivity contribution in [2.45, 2.75) is 58.0 Å². The minimum atomic E-state index is -1.98. The normalized spacial score (nSPS) is 18.5. The van der Waals surface area contributed by atoms with E-state index in [0.717, 1.165) is 32.1 Å². The Hall–Kier alpha value is -1.85. The monoisotopic (exact) mass is 296 g/mol. The number of carbonyl (C=O) groups is 3. The highest BCUT2D eigenvalue weighted by Gasteiger charge is 2.37. The van der Waals surface area contributed by atoms with Crippen LogP contribution in [-0.4, -0.2) is 24.0 Å². The zero-order valence-electron chi connectivity index (χ0n) is 12.2. The maximum Gasteiger partial charge on any atom is 0.307 e. The highest BCUT2D eigenvalue weighted by atomic mass is 16.5. The predicted octanol–water partition coefficient (Wildman–Crippen LogP) is -0.295. The largest absolute Gasteiger partial charge is 0.549 e. The van der Waals surface area contributed by atoms with Crippen molar-refractivity contribution in [2.75, 3.05) is 0 Å². The lowest BCUT2D eigenvalue weighted by molar-refractivity contribution is -0.322. The van der Waals surface area contributed by atoms with Crippen molar-refractivity contribution in [3.8, 4) is 0 Å². The zero-order chi connectivity index (χ0) is 16.0. The molecule has 1 rings (SSSR count). The SMILES string of the molecule is C=C(C(=O)[O-])C(CC)(CC(=O)OC1CCCCC1)C(=O)[O-]. The van der Waals surface area contributed by atoms with Gasteiger partial charge in [0.2, 0.25) is 0 Å². The Labute approximate surface area is 123 Å². The van der Waals surface area contributed by atoms with Crippen LogP contribution >= 0.6 is 0 Å². The van der Waals surface area contributed by atoms with Crippen LogP contribution in [0.4, 0.5) is 0 Å². The Bertz CT molecular complexity index is 435. The van der Waals surface area contributed by atoms with E-state index in [1.54, 1.807) is 0 Å². The first-order valence-electron chi connectivity index (χ1n) is 7.15. The van der Waals surface area contributed by atoms with Crippen molar-refractivity contribution in [1.82, 2.24) is 0 Å². The molecule has 21 heavy (non-hydrogen) atoms. The molecule has 1 atom stereocenters. The van der Waals surface area contributed by atoms with E-state index in [0.29, 0.717) is 0 Å². The minimum Gasteiger partial charge on any atom is -0.549 e. The van der Waals surface area contributed by atoms with Gasteiger partial charge in [0.1, 0.15) is 6.10 Å². The lowest BCUT2D eigenvalue weighted by Crippen LogP contribution is -2.49. The maximum absolute atomic E-state index is 11.9. The van der Waals surface area contributed by atoms with Crippen LogP contribution in [0.1, 0.15) is 51.9 Å². The van der Waals surface area contributed by atoms with Crippen molar-refractivity contribution < 1.29 is 29.3 Å². The summed E-state index contributed by atoms with van der Waals surface area (Å²) in [6.07, 6.45) is 3.55. The average molecular weight is 296 g/mol. The molecule has 6 nitrogen and oxygen atoms in total. The van der Waals surface area contributed by atoms with Gasteiger partial charge in [-0.2, -0.15) is 0 Å². The number of hydrogen-bond donors (Lipinski definition) is 0. The van der Waals surface area contributed by atoms with Crippen LogP contribution < -0.4 is 10.2 Å². The van der Waals surface area contributed by atoms with E-state index in [1.165, 1.54) is 6.92 Å². The lowest BCUT2D eigenvalue weighted by Gasteiger charge is -2.36. The molecule has 0 radical (unpaired) electrons. The number of carbonyl (C=O) groups excluding carboxylic acids is 3. The summed E-state index contributed by atoms with van der Waals surface area (Å²) in [5.74, 6) is -4.10. The molecule has 1 unspecified atom stereocenters. The van der Waals surface area contributed by atoms with Crippen molar-refractivity contribution in [2.24, 2.45) is 5.41 Å². The van der Waals surface area contributed by atoms with Crippen molar-refractivity contribution >= 4 is 17.9 Å². The van der Waals surface area contributed by atoms with Crippen LogP contribution in [0.5, 0.6) is 0 Å². The minimum absolute atomic E-state index is 0.137. The topological polar surface area (TPSA) is 107 Å². The number of rotatable bonds is 7. The highest BCUT2D eigenvalue weighted by Crippen LogP contribution is 2.34. The summed E-state index contributed by atoms with van der Waals surface area (Å²) in [6, 6.07) is 0.